The van der Waals surface area contributed by atoms with Gasteiger partial charge in [0.1, 0.15) is 5.54 Å². The van der Waals surface area contributed by atoms with Gasteiger partial charge in [-0.1, -0.05) is 19.1 Å². The van der Waals surface area contributed by atoms with Gasteiger partial charge >= 0.3 is 5.97 Å². The summed E-state index contributed by atoms with van der Waals surface area (Å²) in [6, 6.07) is 6.37. The van der Waals surface area contributed by atoms with Crippen LogP contribution in [0.1, 0.15) is 41.0 Å². The molecule has 1 aliphatic heterocycles. The van der Waals surface area contributed by atoms with E-state index < -0.39 is 23.3 Å². The van der Waals surface area contributed by atoms with Crippen LogP contribution in [0.4, 0.5) is 0 Å². The number of rotatable bonds is 3. The van der Waals surface area contributed by atoms with Gasteiger partial charge < -0.3 is 5.11 Å². The van der Waals surface area contributed by atoms with Crippen LogP contribution in [-0.4, -0.2) is 33.3 Å². The Labute approximate surface area is 104 Å². The summed E-state index contributed by atoms with van der Waals surface area (Å²) in [7, 11) is 0. The molecule has 2 amide bonds. The highest BCUT2D eigenvalue weighted by Gasteiger charge is 2.49. The Balaban J connectivity index is 2.55. The van der Waals surface area contributed by atoms with E-state index in [0.29, 0.717) is 0 Å². The van der Waals surface area contributed by atoms with E-state index in [-0.39, 0.29) is 17.5 Å². The molecule has 5 heteroatoms. The minimum absolute atomic E-state index is 0.161. The van der Waals surface area contributed by atoms with Crippen LogP contribution in [0.2, 0.25) is 0 Å². The number of carboxylic acids is 1. The quantitative estimate of drug-likeness (QED) is 0.822. The van der Waals surface area contributed by atoms with Crippen molar-refractivity contribution in [2.45, 2.75) is 25.8 Å². The van der Waals surface area contributed by atoms with E-state index in [1.807, 2.05) is 0 Å². The maximum Gasteiger partial charge on any atom is 0.329 e. The van der Waals surface area contributed by atoms with Crippen molar-refractivity contribution in [2.75, 3.05) is 0 Å². The number of carboxylic acid groups (broad SMARTS) is 1. The zero-order valence-electron chi connectivity index (χ0n) is 10.1. The number of fused-ring (bicyclic) bond motifs is 1. The standard InChI is InChI=1S/C13H13NO4/c1-3-13(2,12(17)18)14-10(15)8-6-4-5-7-9(8)11(14)16/h4-7H,3H2,1-2H3,(H,17,18)/t13-/m1/s1. The van der Waals surface area contributed by atoms with Crippen molar-refractivity contribution in [3.63, 3.8) is 0 Å². The van der Waals surface area contributed by atoms with Crippen LogP contribution in [0.3, 0.4) is 0 Å². The number of benzene rings is 1. The van der Waals surface area contributed by atoms with Crippen LogP contribution in [0.15, 0.2) is 24.3 Å². The summed E-state index contributed by atoms with van der Waals surface area (Å²) >= 11 is 0. The van der Waals surface area contributed by atoms with E-state index in [0.717, 1.165) is 4.90 Å². The maximum absolute atomic E-state index is 12.2. The highest BCUT2D eigenvalue weighted by Crippen LogP contribution is 2.31. The van der Waals surface area contributed by atoms with Gasteiger partial charge in [0, 0.05) is 0 Å². The Kier molecular flexibility index (Phi) is 2.69. The SMILES string of the molecule is CC[C@](C)(C(=O)O)N1C(=O)c2ccccc2C1=O. The molecule has 0 spiro atoms. The molecule has 0 radical (unpaired) electrons. The second kappa shape index (κ2) is 3.94. The molecule has 0 unspecified atom stereocenters. The molecule has 2 rings (SSSR count). The molecule has 94 valence electrons. The number of hydrogen-bond donors (Lipinski definition) is 1. The van der Waals surface area contributed by atoms with Gasteiger partial charge in [0.25, 0.3) is 11.8 Å². The summed E-state index contributed by atoms with van der Waals surface area (Å²) in [6.45, 7) is 3.02. The van der Waals surface area contributed by atoms with Gasteiger partial charge in [-0.15, -0.1) is 0 Å². The minimum Gasteiger partial charge on any atom is -0.479 e. The average molecular weight is 247 g/mol. The van der Waals surface area contributed by atoms with Crippen LogP contribution in [0.5, 0.6) is 0 Å². The van der Waals surface area contributed by atoms with E-state index in [9.17, 15) is 19.5 Å². The highest BCUT2D eigenvalue weighted by molar-refractivity contribution is 6.23. The topological polar surface area (TPSA) is 74.7 Å². The third kappa shape index (κ3) is 1.44. The second-order valence-electron chi connectivity index (χ2n) is 4.42. The van der Waals surface area contributed by atoms with E-state index in [2.05, 4.69) is 0 Å². The van der Waals surface area contributed by atoms with Crippen molar-refractivity contribution in [3.8, 4) is 0 Å². The summed E-state index contributed by atoms with van der Waals surface area (Å²) in [5.74, 6) is -2.26. The van der Waals surface area contributed by atoms with Crippen LogP contribution in [0, 0.1) is 0 Å². The second-order valence-corrected chi connectivity index (χ2v) is 4.42. The Hall–Kier alpha value is -2.17. The molecule has 5 nitrogen and oxygen atoms in total. The maximum atomic E-state index is 12.2. The molecule has 1 aliphatic rings. The smallest absolute Gasteiger partial charge is 0.329 e. The van der Waals surface area contributed by atoms with Crippen molar-refractivity contribution in [1.82, 2.24) is 4.90 Å². The summed E-state index contributed by atoms with van der Waals surface area (Å²) in [6.07, 6.45) is 0.161. The van der Waals surface area contributed by atoms with Gasteiger partial charge in [0.15, 0.2) is 0 Å². The largest absolute Gasteiger partial charge is 0.479 e. The van der Waals surface area contributed by atoms with E-state index in [1.54, 1.807) is 19.1 Å². The van der Waals surface area contributed by atoms with Gasteiger partial charge in [-0.3, -0.25) is 14.5 Å². The molecular weight excluding hydrogens is 234 g/mol. The van der Waals surface area contributed by atoms with Gasteiger partial charge in [0.05, 0.1) is 11.1 Å². The summed E-state index contributed by atoms with van der Waals surface area (Å²) < 4.78 is 0. The minimum atomic E-state index is -1.51. The van der Waals surface area contributed by atoms with Crippen LogP contribution >= 0.6 is 0 Å². The number of amides is 2. The Morgan fingerprint density at radius 1 is 1.22 bits per heavy atom. The first-order valence-corrected chi connectivity index (χ1v) is 5.64. The zero-order valence-corrected chi connectivity index (χ0v) is 10.1. The Morgan fingerprint density at radius 2 is 1.67 bits per heavy atom. The van der Waals surface area contributed by atoms with Gasteiger partial charge in [0.2, 0.25) is 0 Å². The molecule has 0 fully saturated rings. The van der Waals surface area contributed by atoms with Crippen molar-refractivity contribution >= 4 is 17.8 Å². The third-order valence-electron chi connectivity index (χ3n) is 3.44. The third-order valence-corrected chi connectivity index (χ3v) is 3.44. The number of carbonyl (C=O) groups is 3. The molecule has 0 aromatic heterocycles. The predicted molar refractivity (Wildman–Crippen MR) is 63.3 cm³/mol. The first-order valence-electron chi connectivity index (χ1n) is 5.64. The summed E-state index contributed by atoms with van der Waals surface area (Å²) in [5, 5.41) is 9.26. The van der Waals surface area contributed by atoms with E-state index in [1.165, 1.54) is 19.1 Å². The van der Waals surface area contributed by atoms with Gasteiger partial charge in [-0.05, 0) is 25.5 Å². The molecule has 0 saturated carbocycles. The molecule has 0 bridgehead atoms. The average Bonchev–Trinajstić information content (AvgIpc) is 2.62. The molecule has 0 aliphatic carbocycles. The van der Waals surface area contributed by atoms with E-state index >= 15 is 0 Å². The van der Waals surface area contributed by atoms with Crippen LogP contribution in [-0.2, 0) is 4.79 Å². The number of carbonyl (C=O) groups excluding carboxylic acids is 2. The first kappa shape index (κ1) is 12.3. The Morgan fingerprint density at radius 3 is 2.00 bits per heavy atom. The lowest BCUT2D eigenvalue weighted by Crippen LogP contribution is -2.54. The molecule has 1 aromatic carbocycles. The Bertz CT molecular complexity index is 517. The normalized spacial score (nSPS) is 17.6. The van der Waals surface area contributed by atoms with Gasteiger partial charge in [-0.25, -0.2) is 4.79 Å². The number of aliphatic carboxylic acids is 1. The summed E-state index contributed by atoms with van der Waals surface area (Å²) in [5.41, 5.74) is -0.973. The number of hydrogen-bond acceptors (Lipinski definition) is 3. The number of nitrogens with zero attached hydrogens (tertiary/aromatic N) is 1. The molecule has 1 heterocycles. The predicted octanol–water partition coefficient (Wildman–Crippen LogP) is 1.54. The van der Waals surface area contributed by atoms with Crippen LogP contribution < -0.4 is 0 Å². The molecule has 1 N–H and O–H groups in total. The molecule has 18 heavy (non-hydrogen) atoms. The number of imide groups is 1. The van der Waals surface area contributed by atoms with Crippen LogP contribution in [0.25, 0.3) is 0 Å². The zero-order chi connectivity index (χ0) is 13.5. The van der Waals surface area contributed by atoms with E-state index in [4.69, 9.17) is 0 Å². The lowest BCUT2D eigenvalue weighted by atomic mass is 9.96. The fourth-order valence-corrected chi connectivity index (χ4v) is 2.04. The highest BCUT2D eigenvalue weighted by atomic mass is 16.4. The first-order chi connectivity index (χ1) is 8.43. The summed E-state index contributed by atoms with van der Waals surface area (Å²) in [4.78, 5) is 36.5. The van der Waals surface area contributed by atoms with Gasteiger partial charge in [-0.2, -0.15) is 0 Å². The van der Waals surface area contributed by atoms with Crippen molar-refractivity contribution < 1.29 is 19.5 Å². The van der Waals surface area contributed by atoms with Crippen molar-refractivity contribution in [1.29, 1.82) is 0 Å². The van der Waals surface area contributed by atoms with Crippen molar-refractivity contribution in [3.05, 3.63) is 35.4 Å². The molecule has 1 atom stereocenters. The monoisotopic (exact) mass is 247 g/mol. The fraction of sp³-hybridized carbons (Fsp3) is 0.308. The molecule has 0 saturated heterocycles. The molecular formula is C13H13NO4. The lowest BCUT2D eigenvalue weighted by Gasteiger charge is -2.32. The lowest BCUT2D eigenvalue weighted by molar-refractivity contribution is -0.147. The van der Waals surface area contributed by atoms with Crippen molar-refractivity contribution in [2.24, 2.45) is 0 Å². The molecule has 1 aromatic rings. The fourth-order valence-electron chi connectivity index (χ4n) is 2.04.